The van der Waals surface area contributed by atoms with E-state index in [0.29, 0.717) is 17.4 Å². The lowest BCUT2D eigenvalue weighted by atomic mass is 10.1. The van der Waals surface area contributed by atoms with Gasteiger partial charge in [-0.2, -0.15) is 0 Å². The fraction of sp³-hybridized carbons (Fsp3) is 0.400. The van der Waals surface area contributed by atoms with Crippen LogP contribution in [0.2, 0.25) is 5.02 Å². The first-order chi connectivity index (χ1) is 12.3. The molecule has 0 spiro atoms. The number of alkyl carbamates (subject to hydrolysis) is 1. The van der Waals surface area contributed by atoms with Gasteiger partial charge in [0.1, 0.15) is 10.6 Å². The maximum atomic E-state index is 11.7. The third kappa shape index (κ3) is 6.92. The molecule has 0 unspecified atom stereocenters. The summed E-state index contributed by atoms with van der Waals surface area (Å²) in [5, 5.41) is 3.20. The second kappa shape index (κ2) is 10.0. The number of methoxy groups -OCH3 is 1. The van der Waals surface area contributed by atoms with E-state index in [1.807, 2.05) is 65.0 Å². The van der Waals surface area contributed by atoms with Crippen LogP contribution in [0.5, 0.6) is 5.88 Å². The van der Waals surface area contributed by atoms with Crippen molar-refractivity contribution < 1.29 is 14.3 Å². The fourth-order valence-electron chi connectivity index (χ4n) is 2.01. The van der Waals surface area contributed by atoms with Gasteiger partial charge in [-0.3, -0.25) is 0 Å². The molecule has 0 bridgehead atoms. The molecule has 0 radical (unpaired) electrons. The highest BCUT2D eigenvalue weighted by atomic mass is 35.5. The van der Waals surface area contributed by atoms with Gasteiger partial charge in [0.25, 0.3) is 0 Å². The van der Waals surface area contributed by atoms with Crippen LogP contribution in [0.25, 0.3) is 11.3 Å². The first-order valence-corrected chi connectivity index (χ1v) is 8.93. The maximum absolute atomic E-state index is 11.7. The minimum atomic E-state index is -0.507. The van der Waals surface area contributed by atoms with Crippen molar-refractivity contribution in [2.75, 3.05) is 7.11 Å². The Labute approximate surface area is 160 Å². The Bertz CT molecular complexity index is 710. The number of pyridine rings is 1. The molecule has 2 aromatic rings. The number of nitrogens with zero attached hydrogens (tertiary/aromatic N) is 1. The molecule has 0 aliphatic carbocycles. The number of aromatic nitrogens is 1. The number of ether oxygens (including phenoxy) is 2. The van der Waals surface area contributed by atoms with Gasteiger partial charge < -0.3 is 14.8 Å². The standard InChI is InChI=1S/C18H21ClN2O3.C2H6/c1-18(2,3)24-17(22)20-11-12-5-7-13(8-6-12)15-10-9-14(19)16(21-15)23-4;1-2/h5-10H,11H2,1-4H3,(H,20,22);1-2H3. The van der Waals surface area contributed by atoms with Crippen molar-refractivity contribution in [3.63, 3.8) is 0 Å². The van der Waals surface area contributed by atoms with Crippen LogP contribution in [0.3, 0.4) is 0 Å². The van der Waals surface area contributed by atoms with Gasteiger partial charge in [0.15, 0.2) is 0 Å². The van der Waals surface area contributed by atoms with Crippen molar-refractivity contribution in [3.05, 3.63) is 47.0 Å². The Morgan fingerprint density at radius 1 is 1.12 bits per heavy atom. The van der Waals surface area contributed by atoms with Crippen molar-refractivity contribution in [1.29, 1.82) is 0 Å². The summed E-state index contributed by atoms with van der Waals surface area (Å²) in [6.07, 6.45) is -0.435. The summed E-state index contributed by atoms with van der Waals surface area (Å²) >= 11 is 5.99. The van der Waals surface area contributed by atoms with Crippen LogP contribution in [-0.4, -0.2) is 23.8 Å². The van der Waals surface area contributed by atoms with Gasteiger partial charge in [-0.05, 0) is 38.5 Å². The van der Waals surface area contributed by atoms with Gasteiger partial charge >= 0.3 is 6.09 Å². The van der Waals surface area contributed by atoms with E-state index >= 15 is 0 Å². The quantitative estimate of drug-likeness (QED) is 0.767. The first-order valence-electron chi connectivity index (χ1n) is 8.55. The van der Waals surface area contributed by atoms with Crippen LogP contribution in [-0.2, 0) is 11.3 Å². The minimum absolute atomic E-state index is 0.393. The second-order valence-electron chi connectivity index (χ2n) is 6.24. The molecule has 0 atom stereocenters. The Kier molecular flexibility index (Phi) is 8.39. The highest BCUT2D eigenvalue weighted by molar-refractivity contribution is 6.31. The number of benzene rings is 1. The molecule has 5 nitrogen and oxygen atoms in total. The van der Waals surface area contributed by atoms with Crippen LogP contribution >= 0.6 is 11.6 Å². The summed E-state index contributed by atoms with van der Waals surface area (Å²) in [7, 11) is 1.53. The number of hydrogen-bond donors (Lipinski definition) is 1. The second-order valence-corrected chi connectivity index (χ2v) is 6.65. The number of halogens is 1. The van der Waals surface area contributed by atoms with E-state index in [0.717, 1.165) is 16.8 Å². The van der Waals surface area contributed by atoms with E-state index in [2.05, 4.69) is 10.3 Å². The Hall–Kier alpha value is -2.27. The van der Waals surface area contributed by atoms with Gasteiger partial charge in [0.05, 0.1) is 12.8 Å². The van der Waals surface area contributed by atoms with Crippen molar-refractivity contribution in [3.8, 4) is 17.1 Å². The fourth-order valence-corrected chi connectivity index (χ4v) is 2.19. The average Bonchev–Trinajstić information content (AvgIpc) is 2.61. The average molecular weight is 379 g/mol. The molecular formula is C20H27ClN2O3. The maximum Gasteiger partial charge on any atom is 0.407 e. The normalized spacial score (nSPS) is 10.4. The van der Waals surface area contributed by atoms with Crippen molar-refractivity contribution in [1.82, 2.24) is 10.3 Å². The van der Waals surface area contributed by atoms with Crippen LogP contribution < -0.4 is 10.1 Å². The Balaban J connectivity index is 0.00000163. The molecule has 0 aliphatic rings. The number of hydrogen-bond acceptors (Lipinski definition) is 4. The molecule has 1 aromatic carbocycles. The van der Waals surface area contributed by atoms with Crippen LogP contribution in [0.4, 0.5) is 4.79 Å². The smallest absolute Gasteiger partial charge is 0.407 e. The summed E-state index contributed by atoms with van der Waals surface area (Å²) in [6.45, 7) is 9.88. The van der Waals surface area contributed by atoms with E-state index in [1.165, 1.54) is 7.11 Å². The molecule has 142 valence electrons. The molecule has 1 N–H and O–H groups in total. The van der Waals surface area contributed by atoms with E-state index in [9.17, 15) is 4.79 Å². The van der Waals surface area contributed by atoms with E-state index in [-0.39, 0.29) is 0 Å². The van der Waals surface area contributed by atoms with Gasteiger partial charge in [-0.25, -0.2) is 9.78 Å². The molecule has 0 saturated carbocycles. The summed E-state index contributed by atoms with van der Waals surface area (Å²) in [5.41, 5.74) is 2.16. The molecule has 26 heavy (non-hydrogen) atoms. The SMILES string of the molecule is CC.COc1nc(-c2ccc(CNC(=O)OC(C)(C)C)cc2)ccc1Cl. The van der Waals surface area contributed by atoms with Crippen molar-refractivity contribution >= 4 is 17.7 Å². The predicted octanol–water partition coefficient (Wildman–Crippen LogP) is 5.46. The third-order valence-corrected chi connectivity index (χ3v) is 3.38. The zero-order valence-electron chi connectivity index (χ0n) is 16.2. The number of rotatable bonds is 4. The Morgan fingerprint density at radius 3 is 2.27 bits per heavy atom. The molecule has 1 aromatic heterocycles. The summed E-state index contributed by atoms with van der Waals surface area (Å²) in [5.74, 6) is 0.393. The number of nitrogens with one attached hydrogen (secondary N) is 1. The molecule has 6 heteroatoms. The van der Waals surface area contributed by atoms with Crippen LogP contribution in [0.15, 0.2) is 36.4 Å². The third-order valence-electron chi connectivity index (χ3n) is 3.09. The number of carbonyl (C=O) groups excluding carboxylic acids is 1. The molecular weight excluding hydrogens is 352 g/mol. The van der Waals surface area contributed by atoms with Gasteiger partial charge in [0, 0.05) is 12.1 Å². The highest BCUT2D eigenvalue weighted by Gasteiger charge is 2.15. The highest BCUT2D eigenvalue weighted by Crippen LogP contribution is 2.26. The Morgan fingerprint density at radius 2 is 1.73 bits per heavy atom. The van der Waals surface area contributed by atoms with Crippen LogP contribution in [0.1, 0.15) is 40.2 Å². The molecule has 0 saturated heterocycles. The van der Waals surface area contributed by atoms with Gasteiger partial charge in [0.2, 0.25) is 5.88 Å². The molecule has 1 amide bonds. The summed E-state index contributed by atoms with van der Waals surface area (Å²) in [4.78, 5) is 16.0. The lowest BCUT2D eigenvalue weighted by Crippen LogP contribution is -2.32. The van der Waals surface area contributed by atoms with Gasteiger partial charge in [-0.15, -0.1) is 0 Å². The zero-order valence-corrected chi connectivity index (χ0v) is 17.0. The van der Waals surface area contributed by atoms with Gasteiger partial charge in [-0.1, -0.05) is 49.7 Å². The first kappa shape index (κ1) is 21.8. The molecule has 2 rings (SSSR count). The minimum Gasteiger partial charge on any atom is -0.480 e. The largest absolute Gasteiger partial charge is 0.480 e. The number of amides is 1. The van der Waals surface area contributed by atoms with Crippen LogP contribution in [0, 0.1) is 0 Å². The predicted molar refractivity (Wildman–Crippen MR) is 106 cm³/mol. The van der Waals surface area contributed by atoms with E-state index < -0.39 is 11.7 Å². The van der Waals surface area contributed by atoms with Crippen molar-refractivity contribution in [2.24, 2.45) is 0 Å². The summed E-state index contributed by atoms with van der Waals surface area (Å²) < 4.78 is 10.3. The lowest BCUT2D eigenvalue weighted by molar-refractivity contribution is 0.0523. The van der Waals surface area contributed by atoms with Crippen molar-refractivity contribution in [2.45, 2.75) is 46.8 Å². The lowest BCUT2D eigenvalue weighted by Gasteiger charge is -2.19. The molecule has 1 heterocycles. The zero-order chi connectivity index (χ0) is 19.7. The topological polar surface area (TPSA) is 60.5 Å². The number of carbonyl (C=O) groups is 1. The molecule has 0 fully saturated rings. The van der Waals surface area contributed by atoms with E-state index in [4.69, 9.17) is 21.1 Å². The molecule has 0 aliphatic heterocycles. The van der Waals surface area contributed by atoms with E-state index in [1.54, 1.807) is 6.07 Å². The monoisotopic (exact) mass is 378 g/mol. The summed E-state index contributed by atoms with van der Waals surface area (Å²) in [6, 6.07) is 11.3.